The van der Waals surface area contributed by atoms with Crippen molar-refractivity contribution in [2.75, 3.05) is 10.6 Å². The summed E-state index contributed by atoms with van der Waals surface area (Å²) in [7, 11) is 0. The highest BCUT2D eigenvalue weighted by molar-refractivity contribution is 6.04. The second kappa shape index (κ2) is 8.77. The van der Waals surface area contributed by atoms with Crippen LogP contribution in [0.2, 0.25) is 0 Å². The zero-order valence-electron chi connectivity index (χ0n) is 15.1. The van der Waals surface area contributed by atoms with Crippen molar-refractivity contribution >= 4 is 23.2 Å². The molecule has 27 heavy (non-hydrogen) atoms. The van der Waals surface area contributed by atoms with Crippen molar-refractivity contribution in [1.82, 2.24) is 0 Å². The van der Waals surface area contributed by atoms with Crippen LogP contribution in [-0.2, 0) is 11.3 Å². The average molecular weight is 369 g/mol. The van der Waals surface area contributed by atoms with E-state index < -0.39 is 5.82 Å². The molecule has 1 aliphatic rings. The Morgan fingerprint density at radius 2 is 1.70 bits per heavy atom. The summed E-state index contributed by atoms with van der Waals surface area (Å²) in [5, 5.41) is 5.40. The number of carbonyl (C=O) groups is 2. The Kier molecular flexibility index (Phi) is 6.19. The lowest BCUT2D eigenvalue weighted by Gasteiger charge is -2.21. The van der Waals surface area contributed by atoms with Gasteiger partial charge in [0.05, 0.1) is 5.69 Å². The first-order chi connectivity index (χ1) is 13.1. The normalized spacial score (nSPS) is 14.6. The lowest BCUT2D eigenvalue weighted by molar-refractivity contribution is -0.120. The van der Waals surface area contributed by atoms with Gasteiger partial charge in [-0.25, -0.2) is 4.39 Å². The number of halogens is 1. The maximum atomic E-state index is 14.1. The molecule has 0 aromatic heterocycles. The zero-order valence-corrected chi connectivity index (χ0v) is 15.1. The minimum Gasteiger partial charge on any atom is -0.326 e. The minimum atomic E-state index is -0.524. The fraction of sp³-hybridized carbons (Fsp3) is 0.333. The topological polar surface area (TPSA) is 84.2 Å². The second-order valence-corrected chi connectivity index (χ2v) is 6.87. The molecule has 4 N–H and O–H groups in total. The lowest BCUT2D eigenvalue weighted by atomic mass is 9.88. The number of benzene rings is 2. The van der Waals surface area contributed by atoms with Gasteiger partial charge in [0.25, 0.3) is 5.91 Å². The minimum absolute atomic E-state index is 0.0718. The molecule has 2 aromatic carbocycles. The van der Waals surface area contributed by atoms with Gasteiger partial charge in [-0.1, -0.05) is 31.4 Å². The van der Waals surface area contributed by atoms with Crippen LogP contribution in [0.5, 0.6) is 0 Å². The quantitative estimate of drug-likeness (QED) is 0.743. The Labute approximate surface area is 158 Å². The van der Waals surface area contributed by atoms with E-state index in [0.29, 0.717) is 17.8 Å². The highest BCUT2D eigenvalue weighted by Gasteiger charge is 2.22. The summed E-state index contributed by atoms with van der Waals surface area (Å²) in [6.45, 7) is 0.407. The third kappa shape index (κ3) is 4.92. The average Bonchev–Trinajstić information content (AvgIpc) is 2.71. The SMILES string of the molecule is NCc1ccc(C(=O)Nc2ccc(F)c(NC(=O)C3CCCCC3)c2)cc1. The molecule has 0 unspecified atom stereocenters. The van der Waals surface area contributed by atoms with E-state index in [1.165, 1.54) is 18.2 Å². The number of anilines is 2. The van der Waals surface area contributed by atoms with Gasteiger partial charge >= 0.3 is 0 Å². The van der Waals surface area contributed by atoms with E-state index >= 15 is 0 Å². The van der Waals surface area contributed by atoms with Gasteiger partial charge in [-0.15, -0.1) is 0 Å². The molecular formula is C21H24FN3O2. The van der Waals surface area contributed by atoms with Gasteiger partial charge in [0, 0.05) is 23.7 Å². The van der Waals surface area contributed by atoms with E-state index in [2.05, 4.69) is 10.6 Å². The van der Waals surface area contributed by atoms with Crippen molar-refractivity contribution in [3.05, 3.63) is 59.4 Å². The Morgan fingerprint density at radius 3 is 2.37 bits per heavy atom. The van der Waals surface area contributed by atoms with Gasteiger partial charge in [0.1, 0.15) is 5.82 Å². The molecule has 142 valence electrons. The van der Waals surface area contributed by atoms with Crippen LogP contribution >= 0.6 is 0 Å². The van der Waals surface area contributed by atoms with E-state index in [-0.39, 0.29) is 23.4 Å². The van der Waals surface area contributed by atoms with Gasteiger partial charge in [-0.05, 0) is 48.7 Å². The standard InChI is InChI=1S/C21H24FN3O2/c22-18-11-10-17(24-20(26)16-8-6-14(13-23)7-9-16)12-19(18)25-21(27)15-4-2-1-3-5-15/h6-12,15H,1-5,13,23H2,(H,24,26)(H,25,27). The summed E-state index contributed by atoms with van der Waals surface area (Å²) in [5.41, 5.74) is 7.47. The van der Waals surface area contributed by atoms with Crippen LogP contribution < -0.4 is 16.4 Å². The monoisotopic (exact) mass is 369 g/mol. The fourth-order valence-corrected chi connectivity index (χ4v) is 3.29. The first-order valence-corrected chi connectivity index (χ1v) is 9.27. The van der Waals surface area contributed by atoms with Gasteiger partial charge in [0.2, 0.25) is 5.91 Å². The number of hydrogen-bond donors (Lipinski definition) is 3. The predicted molar refractivity (Wildman–Crippen MR) is 104 cm³/mol. The third-order valence-electron chi connectivity index (χ3n) is 4.91. The van der Waals surface area contributed by atoms with Crippen LogP contribution in [0.4, 0.5) is 15.8 Å². The number of nitrogens with one attached hydrogen (secondary N) is 2. The Hall–Kier alpha value is -2.73. The van der Waals surface area contributed by atoms with Crippen molar-refractivity contribution < 1.29 is 14.0 Å². The van der Waals surface area contributed by atoms with Gasteiger partial charge in [-0.2, -0.15) is 0 Å². The second-order valence-electron chi connectivity index (χ2n) is 6.87. The molecule has 0 saturated heterocycles. The van der Waals surface area contributed by atoms with Crippen molar-refractivity contribution in [1.29, 1.82) is 0 Å². The van der Waals surface area contributed by atoms with Gasteiger partial charge < -0.3 is 16.4 Å². The molecule has 0 atom stereocenters. The molecule has 0 bridgehead atoms. The number of carbonyl (C=O) groups excluding carboxylic acids is 2. The summed E-state index contributed by atoms with van der Waals surface area (Å²) >= 11 is 0. The molecule has 5 nitrogen and oxygen atoms in total. The van der Waals surface area contributed by atoms with E-state index in [1.807, 2.05) is 0 Å². The summed E-state index contributed by atoms with van der Waals surface area (Å²) in [5.74, 6) is -1.06. The summed E-state index contributed by atoms with van der Waals surface area (Å²) in [4.78, 5) is 24.7. The molecule has 0 spiro atoms. The Morgan fingerprint density at radius 1 is 1.00 bits per heavy atom. The molecule has 1 fully saturated rings. The Bertz CT molecular complexity index is 815. The van der Waals surface area contributed by atoms with Crippen molar-refractivity contribution in [3.63, 3.8) is 0 Å². The third-order valence-corrected chi connectivity index (χ3v) is 4.91. The summed E-state index contributed by atoms with van der Waals surface area (Å²) < 4.78 is 14.1. The molecule has 0 aliphatic heterocycles. The fourth-order valence-electron chi connectivity index (χ4n) is 3.29. The van der Waals surface area contributed by atoms with E-state index in [4.69, 9.17) is 5.73 Å². The highest BCUT2D eigenvalue weighted by Crippen LogP contribution is 2.26. The van der Waals surface area contributed by atoms with Gasteiger partial charge in [0.15, 0.2) is 0 Å². The van der Waals surface area contributed by atoms with E-state index in [1.54, 1.807) is 24.3 Å². The lowest BCUT2D eigenvalue weighted by Crippen LogP contribution is -2.25. The smallest absolute Gasteiger partial charge is 0.255 e. The van der Waals surface area contributed by atoms with Crippen LogP contribution in [0.15, 0.2) is 42.5 Å². The van der Waals surface area contributed by atoms with Crippen molar-refractivity contribution in [2.24, 2.45) is 11.7 Å². The predicted octanol–water partition coefficient (Wildman–Crippen LogP) is 4.06. The first kappa shape index (κ1) is 19.0. The first-order valence-electron chi connectivity index (χ1n) is 9.27. The summed E-state index contributed by atoms with van der Waals surface area (Å²) in [6.07, 6.45) is 4.87. The molecule has 3 rings (SSSR count). The maximum absolute atomic E-state index is 14.1. The molecule has 1 aliphatic carbocycles. The molecular weight excluding hydrogens is 345 g/mol. The number of rotatable bonds is 5. The summed E-state index contributed by atoms with van der Waals surface area (Å²) in [6, 6.07) is 11.1. The van der Waals surface area contributed by atoms with Gasteiger partial charge in [-0.3, -0.25) is 9.59 Å². The van der Waals surface area contributed by atoms with E-state index in [0.717, 1.165) is 37.7 Å². The highest BCUT2D eigenvalue weighted by atomic mass is 19.1. The van der Waals surface area contributed by atoms with Crippen LogP contribution in [-0.4, -0.2) is 11.8 Å². The Balaban J connectivity index is 1.68. The van der Waals surface area contributed by atoms with Crippen LogP contribution in [0.1, 0.15) is 48.0 Å². The van der Waals surface area contributed by atoms with Crippen LogP contribution in [0.25, 0.3) is 0 Å². The van der Waals surface area contributed by atoms with E-state index in [9.17, 15) is 14.0 Å². The number of nitrogens with two attached hydrogens (primary N) is 1. The largest absolute Gasteiger partial charge is 0.326 e. The maximum Gasteiger partial charge on any atom is 0.255 e. The molecule has 2 amide bonds. The van der Waals surface area contributed by atoms with Crippen molar-refractivity contribution in [3.8, 4) is 0 Å². The number of amides is 2. The zero-order chi connectivity index (χ0) is 19.2. The molecule has 0 radical (unpaired) electrons. The molecule has 2 aromatic rings. The van der Waals surface area contributed by atoms with Crippen LogP contribution in [0, 0.1) is 11.7 Å². The molecule has 0 heterocycles. The molecule has 6 heteroatoms. The number of hydrogen-bond acceptors (Lipinski definition) is 3. The van der Waals surface area contributed by atoms with Crippen molar-refractivity contribution in [2.45, 2.75) is 38.6 Å². The molecule has 1 saturated carbocycles. The van der Waals surface area contributed by atoms with Crippen LogP contribution in [0.3, 0.4) is 0 Å².